The average Bonchev–Trinajstić information content (AvgIpc) is 2.69. The van der Waals surface area contributed by atoms with E-state index in [1.54, 1.807) is 0 Å². The molecule has 0 bridgehead atoms. The third kappa shape index (κ3) is 2.24. The van der Waals surface area contributed by atoms with Crippen molar-refractivity contribution in [2.24, 2.45) is 0 Å². The lowest BCUT2D eigenvalue weighted by atomic mass is 10.0. The maximum atomic E-state index is 12.2. The van der Waals surface area contributed by atoms with Crippen LogP contribution in [0.25, 0.3) is 11.0 Å². The summed E-state index contributed by atoms with van der Waals surface area (Å²) in [7, 11) is 1.81. The number of likely N-dealkylation sites (N-methyl/N-ethyl adjacent to an activating group) is 1. The number of hydrogen-bond donors (Lipinski definition) is 1. The van der Waals surface area contributed by atoms with Crippen molar-refractivity contribution in [3.63, 3.8) is 0 Å². The summed E-state index contributed by atoms with van der Waals surface area (Å²) in [5.74, 6) is 0.983. The molecule has 0 aliphatic carbocycles. The number of benzene rings is 1. The van der Waals surface area contributed by atoms with Gasteiger partial charge in [0.05, 0.1) is 6.04 Å². The van der Waals surface area contributed by atoms with Gasteiger partial charge in [0.25, 0.3) is 0 Å². The Labute approximate surface area is 101 Å². The summed E-state index contributed by atoms with van der Waals surface area (Å²) in [5, 5.41) is 4.06. The second kappa shape index (κ2) is 4.72. The van der Waals surface area contributed by atoms with Crippen molar-refractivity contribution in [3.8, 4) is 0 Å². The molecule has 0 saturated heterocycles. The molecule has 2 rings (SSSR count). The van der Waals surface area contributed by atoms with Crippen LogP contribution in [0.15, 0.2) is 28.7 Å². The second-order valence-electron chi connectivity index (χ2n) is 4.22. The molecule has 1 aromatic heterocycles. The van der Waals surface area contributed by atoms with Crippen LogP contribution >= 0.6 is 0 Å². The van der Waals surface area contributed by atoms with Gasteiger partial charge in [-0.1, -0.05) is 19.1 Å². The first kappa shape index (κ1) is 11.9. The monoisotopic (exact) mass is 231 g/mol. The largest absolute Gasteiger partial charge is 0.461 e. The smallest absolute Gasteiger partial charge is 0.179 e. The maximum absolute atomic E-state index is 12.2. The molecule has 1 N–H and O–H groups in total. The van der Waals surface area contributed by atoms with Gasteiger partial charge in [-0.3, -0.25) is 4.79 Å². The first-order valence-corrected chi connectivity index (χ1v) is 5.87. The SMILES string of the molecule is CCC(NC)C(=O)c1ccc2cc(C)oc2c1. The first-order valence-electron chi connectivity index (χ1n) is 5.87. The molecule has 0 saturated carbocycles. The van der Waals surface area contributed by atoms with Crippen molar-refractivity contribution >= 4 is 16.8 Å². The van der Waals surface area contributed by atoms with Crippen molar-refractivity contribution < 1.29 is 9.21 Å². The number of rotatable bonds is 4. The summed E-state index contributed by atoms with van der Waals surface area (Å²) in [6.45, 7) is 3.90. The van der Waals surface area contributed by atoms with Gasteiger partial charge in [0.1, 0.15) is 11.3 Å². The van der Waals surface area contributed by atoms with Gasteiger partial charge in [0.15, 0.2) is 5.78 Å². The molecular formula is C14H17NO2. The second-order valence-corrected chi connectivity index (χ2v) is 4.22. The minimum Gasteiger partial charge on any atom is -0.461 e. The molecule has 1 heterocycles. The Balaban J connectivity index is 2.38. The molecule has 0 fully saturated rings. The third-order valence-corrected chi connectivity index (χ3v) is 3.00. The van der Waals surface area contributed by atoms with E-state index in [4.69, 9.17) is 4.42 Å². The van der Waals surface area contributed by atoms with Gasteiger partial charge < -0.3 is 9.73 Å². The van der Waals surface area contributed by atoms with Crippen molar-refractivity contribution in [3.05, 3.63) is 35.6 Å². The van der Waals surface area contributed by atoms with E-state index < -0.39 is 0 Å². The predicted octanol–water partition coefficient (Wildman–Crippen LogP) is 2.92. The summed E-state index contributed by atoms with van der Waals surface area (Å²) in [4.78, 5) is 12.2. The normalized spacial score (nSPS) is 12.9. The molecule has 17 heavy (non-hydrogen) atoms. The number of furan rings is 1. The van der Waals surface area contributed by atoms with Gasteiger partial charge >= 0.3 is 0 Å². The first-order chi connectivity index (χ1) is 8.15. The van der Waals surface area contributed by atoms with E-state index in [9.17, 15) is 4.79 Å². The number of fused-ring (bicyclic) bond motifs is 1. The van der Waals surface area contributed by atoms with Crippen LogP contribution in [0.4, 0.5) is 0 Å². The minimum absolute atomic E-state index is 0.117. The zero-order valence-corrected chi connectivity index (χ0v) is 10.4. The molecule has 3 heteroatoms. The fourth-order valence-corrected chi connectivity index (χ4v) is 2.04. The standard InChI is InChI=1S/C14H17NO2/c1-4-12(15-3)14(16)11-6-5-10-7-9(2)17-13(10)8-11/h5-8,12,15H,4H2,1-3H3. The van der Waals surface area contributed by atoms with E-state index in [1.165, 1.54) is 0 Å². The van der Waals surface area contributed by atoms with E-state index in [0.29, 0.717) is 5.56 Å². The highest BCUT2D eigenvalue weighted by Gasteiger charge is 2.16. The number of ketones is 1. The van der Waals surface area contributed by atoms with Crippen molar-refractivity contribution in [2.75, 3.05) is 7.05 Å². The van der Waals surface area contributed by atoms with Crippen LogP contribution in [0.5, 0.6) is 0 Å². The molecule has 0 aliphatic heterocycles. The lowest BCUT2D eigenvalue weighted by Crippen LogP contribution is -2.33. The fourth-order valence-electron chi connectivity index (χ4n) is 2.04. The Morgan fingerprint density at radius 1 is 1.41 bits per heavy atom. The van der Waals surface area contributed by atoms with Gasteiger partial charge in [-0.15, -0.1) is 0 Å². The van der Waals surface area contributed by atoms with E-state index >= 15 is 0 Å². The summed E-state index contributed by atoms with van der Waals surface area (Å²) in [6.07, 6.45) is 0.782. The predicted molar refractivity (Wildman–Crippen MR) is 68.4 cm³/mol. The number of carbonyl (C=O) groups excluding carboxylic acids is 1. The molecule has 3 nitrogen and oxygen atoms in total. The lowest BCUT2D eigenvalue weighted by molar-refractivity contribution is 0.0945. The molecule has 1 atom stereocenters. The summed E-state index contributed by atoms with van der Waals surface area (Å²) < 4.78 is 5.53. The average molecular weight is 231 g/mol. The Bertz CT molecular complexity index is 538. The van der Waals surface area contributed by atoms with Gasteiger partial charge in [-0.05, 0) is 32.5 Å². The van der Waals surface area contributed by atoms with Crippen LogP contribution in [-0.2, 0) is 0 Å². The molecule has 0 radical (unpaired) electrons. The van der Waals surface area contributed by atoms with E-state index in [-0.39, 0.29) is 11.8 Å². The molecule has 1 unspecified atom stereocenters. The van der Waals surface area contributed by atoms with Gasteiger partial charge in [0, 0.05) is 10.9 Å². The number of carbonyl (C=O) groups is 1. The summed E-state index contributed by atoms with van der Waals surface area (Å²) >= 11 is 0. The minimum atomic E-state index is -0.122. The zero-order valence-electron chi connectivity index (χ0n) is 10.4. The van der Waals surface area contributed by atoms with E-state index in [1.807, 2.05) is 45.2 Å². The topological polar surface area (TPSA) is 42.2 Å². The Morgan fingerprint density at radius 3 is 2.82 bits per heavy atom. The van der Waals surface area contributed by atoms with Gasteiger partial charge in [-0.2, -0.15) is 0 Å². The van der Waals surface area contributed by atoms with Crippen LogP contribution in [0.3, 0.4) is 0 Å². The number of hydrogen-bond acceptors (Lipinski definition) is 3. The molecule has 90 valence electrons. The summed E-state index contributed by atoms with van der Waals surface area (Å²) in [5.41, 5.74) is 1.48. The van der Waals surface area contributed by atoms with Gasteiger partial charge in [0.2, 0.25) is 0 Å². The molecule has 1 aromatic carbocycles. The van der Waals surface area contributed by atoms with Crippen molar-refractivity contribution in [1.29, 1.82) is 0 Å². The molecule has 0 spiro atoms. The third-order valence-electron chi connectivity index (χ3n) is 3.00. The fraction of sp³-hybridized carbons (Fsp3) is 0.357. The van der Waals surface area contributed by atoms with Crippen LogP contribution in [0.2, 0.25) is 0 Å². The highest BCUT2D eigenvalue weighted by atomic mass is 16.3. The lowest BCUT2D eigenvalue weighted by Gasteiger charge is -2.12. The molecule has 0 amide bonds. The van der Waals surface area contributed by atoms with Crippen LogP contribution in [0.1, 0.15) is 29.5 Å². The highest BCUT2D eigenvalue weighted by molar-refractivity contribution is 6.02. The van der Waals surface area contributed by atoms with Crippen LogP contribution in [0, 0.1) is 6.92 Å². The maximum Gasteiger partial charge on any atom is 0.179 e. The van der Waals surface area contributed by atoms with E-state index in [2.05, 4.69) is 5.32 Å². The Hall–Kier alpha value is -1.61. The zero-order chi connectivity index (χ0) is 12.4. The summed E-state index contributed by atoms with van der Waals surface area (Å²) in [6, 6.07) is 7.47. The number of aryl methyl sites for hydroxylation is 1. The quantitative estimate of drug-likeness (QED) is 0.823. The number of nitrogens with one attached hydrogen (secondary N) is 1. The van der Waals surface area contributed by atoms with Crippen molar-refractivity contribution in [2.45, 2.75) is 26.3 Å². The highest BCUT2D eigenvalue weighted by Crippen LogP contribution is 2.21. The van der Waals surface area contributed by atoms with Crippen LogP contribution in [-0.4, -0.2) is 18.9 Å². The van der Waals surface area contributed by atoms with Crippen molar-refractivity contribution in [1.82, 2.24) is 5.32 Å². The molecule has 2 aromatic rings. The molecule has 0 aliphatic rings. The van der Waals surface area contributed by atoms with Crippen LogP contribution < -0.4 is 5.32 Å². The van der Waals surface area contributed by atoms with E-state index in [0.717, 1.165) is 23.2 Å². The Kier molecular flexibility index (Phi) is 3.29. The van der Waals surface area contributed by atoms with Gasteiger partial charge in [-0.25, -0.2) is 0 Å². The molecular weight excluding hydrogens is 214 g/mol. The number of Topliss-reactive ketones (excluding diaryl/α,β-unsaturated/α-hetero) is 1. The Morgan fingerprint density at radius 2 is 2.18 bits per heavy atom.